The number of benzene rings is 2. The number of carboxylic acid groups (broad SMARTS) is 1. The van der Waals surface area contributed by atoms with E-state index in [0.29, 0.717) is 54.9 Å². The fourth-order valence-electron chi connectivity index (χ4n) is 4.83. The van der Waals surface area contributed by atoms with Gasteiger partial charge in [0.1, 0.15) is 23.3 Å². The minimum Gasteiger partial charge on any atom is -0.496 e. The van der Waals surface area contributed by atoms with Gasteiger partial charge >= 0.3 is 11.9 Å². The summed E-state index contributed by atoms with van der Waals surface area (Å²) in [4.78, 5) is 43.7. The van der Waals surface area contributed by atoms with Crippen molar-refractivity contribution in [2.24, 2.45) is 4.99 Å². The highest BCUT2D eigenvalue weighted by Gasteiger charge is 2.36. The van der Waals surface area contributed by atoms with Crippen LogP contribution in [-0.4, -0.2) is 35.3 Å². The summed E-state index contributed by atoms with van der Waals surface area (Å²) in [7, 11) is 1.51. The Morgan fingerprint density at radius 3 is 2.57 bits per heavy atom. The first kappa shape index (κ1) is 29.1. The normalized spacial score (nSPS) is 14.9. The zero-order valence-electron chi connectivity index (χ0n) is 23.0. The molecule has 0 saturated carbocycles. The zero-order chi connectivity index (χ0) is 30.0. The maximum Gasteiger partial charge on any atom is 0.338 e. The average Bonchev–Trinajstić information content (AvgIpc) is 3.57. The van der Waals surface area contributed by atoms with E-state index >= 15 is 0 Å². The van der Waals surface area contributed by atoms with Crippen LogP contribution in [0.4, 0.5) is 0 Å². The predicted octanol–water partition coefficient (Wildman–Crippen LogP) is 5.20. The molecule has 0 aliphatic carbocycles. The van der Waals surface area contributed by atoms with E-state index in [0.717, 1.165) is 6.42 Å². The molecule has 3 heterocycles. The number of nitrogens with zero attached hydrogens (tertiary/aromatic N) is 2. The number of fused-ring (bicyclic) bond motifs is 1. The molecule has 0 unspecified atom stereocenters. The summed E-state index contributed by atoms with van der Waals surface area (Å²) in [5, 5.41) is 9.58. The summed E-state index contributed by atoms with van der Waals surface area (Å²) in [6.45, 7) is 3.87. The molecule has 1 N–H and O–H groups in total. The molecule has 0 amide bonds. The zero-order valence-corrected chi connectivity index (χ0v) is 24.6. The second-order valence-electron chi connectivity index (χ2n) is 9.38. The maximum absolute atomic E-state index is 14.0. The number of halogens is 1. The number of hydrogen-bond acceptors (Lipinski definition) is 8. The quantitative estimate of drug-likeness (QED) is 0.260. The summed E-state index contributed by atoms with van der Waals surface area (Å²) in [5.41, 5.74) is 1.84. The van der Waals surface area contributed by atoms with Crippen LogP contribution in [0.25, 0.3) is 17.4 Å². The molecule has 216 valence electrons. The Balaban J connectivity index is 1.67. The van der Waals surface area contributed by atoms with E-state index in [-0.39, 0.29) is 23.3 Å². The van der Waals surface area contributed by atoms with Gasteiger partial charge < -0.3 is 19.0 Å². The number of rotatable bonds is 9. The van der Waals surface area contributed by atoms with Gasteiger partial charge in [-0.25, -0.2) is 14.6 Å². The summed E-state index contributed by atoms with van der Waals surface area (Å²) >= 11 is 7.57. The molecular formula is C31H27ClN2O7S. The first-order chi connectivity index (χ1) is 20.2. The lowest BCUT2D eigenvalue weighted by molar-refractivity contribution is -0.139. The SMILES string of the molecule is CCCC1=C(C(=O)OCC)[C@@H](c2cc(Cl)ccc2OC)n2c(s/c(=C/c3ccc(-c4ccc(C(=O)O)cc4)o3)c2=O)=N1. The Kier molecular flexibility index (Phi) is 8.46. The third kappa shape index (κ3) is 5.55. The molecule has 1 aliphatic heterocycles. The molecule has 1 atom stereocenters. The molecular weight excluding hydrogens is 580 g/mol. The number of carbonyl (C=O) groups is 2. The van der Waals surface area contributed by atoms with Crippen LogP contribution < -0.4 is 19.6 Å². The monoisotopic (exact) mass is 606 g/mol. The lowest BCUT2D eigenvalue weighted by Crippen LogP contribution is -2.40. The predicted molar refractivity (Wildman–Crippen MR) is 159 cm³/mol. The highest BCUT2D eigenvalue weighted by Crippen LogP contribution is 2.38. The van der Waals surface area contributed by atoms with Gasteiger partial charge in [-0.05, 0) is 55.8 Å². The van der Waals surface area contributed by atoms with Gasteiger partial charge in [-0.2, -0.15) is 0 Å². The molecule has 0 spiro atoms. The third-order valence-electron chi connectivity index (χ3n) is 6.70. The van der Waals surface area contributed by atoms with Crippen molar-refractivity contribution in [1.29, 1.82) is 0 Å². The molecule has 2 aromatic heterocycles. The first-order valence-corrected chi connectivity index (χ1v) is 14.4. The van der Waals surface area contributed by atoms with Gasteiger partial charge in [0.25, 0.3) is 5.56 Å². The van der Waals surface area contributed by atoms with Crippen molar-refractivity contribution < 1.29 is 28.6 Å². The number of thiazole rings is 1. The highest BCUT2D eigenvalue weighted by atomic mass is 35.5. The van der Waals surface area contributed by atoms with Gasteiger partial charge in [-0.1, -0.05) is 48.4 Å². The van der Waals surface area contributed by atoms with Crippen LogP contribution in [0.5, 0.6) is 5.75 Å². The molecule has 4 aromatic rings. The van der Waals surface area contributed by atoms with Gasteiger partial charge in [0.2, 0.25) is 0 Å². The number of carboxylic acids is 1. The van der Waals surface area contributed by atoms with E-state index in [2.05, 4.69) is 0 Å². The summed E-state index contributed by atoms with van der Waals surface area (Å²) in [6.07, 6.45) is 2.85. The molecule has 2 aromatic carbocycles. The van der Waals surface area contributed by atoms with E-state index in [1.807, 2.05) is 6.92 Å². The van der Waals surface area contributed by atoms with Crippen molar-refractivity contribution in [2.75, 3.05) is 13.7 Å². The van der Waals surface area contributed by atoms with E-state index in [4.69, 9.17) is 35.6 Å². The number of furan rings is 1. The van der Waals surface area contributed by atoms with Crippen molar-refractivity contribution in [1.82, 2.24) is 4.57 Å². The largest absolute Gasteiger partial charge is 0.496 e. The minimum atomic E-state index is -1.01. The molecule has 0 bridgehead atoms. The Morgan fingerprint density at radius 2 is 1.90 bits per heavy atom. The van der Waals surface area contributed by atoms with E-state index < -0.39 is 18.0 Å². The number of ether oxygens (including phenoxy) is 2. The van der Waals surface area contributed by atoms with Gasteiger partial charge in [-0.3, -0.25) is 9.36 Å². The number of aromatic nitrogens is 1. The third-order valence-corrected chi connectivity index (χ3v) is 7.91. The number of hydrogen-bond donors (Lipinski definition) is 1. The Bertz CT molecular complexity index is 1880. The molecule has 0 saturated heterocycles. The van der Waals surface area contributed by atoms with E-state index in [9.17, 15) is 14.4 Å². The fraction of sp³-hybridized carbons (Fsp3) is 0.226. The van der Waals surface area contributed by atoms with Crippen molar-refractivity contribution in [3.05, 3.63) is 107 Å². The molecule has 0 radical (unpaired) electrons. The van der Waals surface area contributed by atoms with Crippen LogP contribution in [0, 0.1) is 0 Å². The highest BCUT2D eigenvalue weighted by molar-refractivity contribution is 7.07. The number of aromatic carboxylic acids is 1. The molecule has 42 heavy (non-hydrogen) atoms. The number of carbonyl (C=O) groups excluding carboxylic acids is 1. The van der Waals surface area contributed by atoms with E-state index in [1.165, 1.54) is 35.1 Å². The van der Waals surface area contributed by atoms with Crippen LogP contribution in [0.15, 0.2) is 80.1 Å². The number of methoxy groups -OCH3 is 1. The van der Waals surface area contributed by atoms with Gasteiger partial charge in [0, 0.05) is 22.2 Å². The molecule has 11 heteroatoms. The smallest absolute Gasteiger partial charge is 0.338 e. The van der Waals surface area contributed by atoms with Gasteiger partial charge in [-0.15, -0.1) is 0 Å². The summed E-state index contributed by atoms with van der Waals surface area (Å²) in [6, 6.07) is 14.0. The lowest BCUT2D eigenvalue weighted by atomic mass is 9.93. The van der Waals surface area contributed by atoms with Crippen LogP contribution >= 0.6 is 22.9 Å². The topological polar surface area (TPSA) is 120 Å². The first-order valence-electron chi connectivity index (χ1n) is 13.2. The van der Waals surface area contributed by atoms with Crippen molar-refractivity contribution in [2.45, 2.75) is 32.7 Å². The second kappa shape index (κ2) is 12.2. The van der Waals surface area contributed by atoms with Crippen LogP contribution in [-0.2, 0) is 9.53 Å². The minimum absolute atomic E-state index is 0.158. The van der Waals surface area contributed by atoms with Gasteiger partial charge in [0.15, 0.2) is 4.80 Å². The Labute approximate surface area is 249 Å². The van der Waals surface area contributed by atoms with E-state index in [1.54, 1.807) is 55.5 Å². The molecule has 0 fully saturated rings. The van der Waals surface area contributed by atoms with Crippen LogP contribution in [0.1, 0.15) is 54.4 Å². The summed E-state index contributed by atoms with van der Waals surface area (Å²) in [5.74, 6) is -0.173. The maximum atomic E-state index is 14.0. The van der Waals surface area contributed by atoms with Gasteiger partial charge in [0.05, 0.1) is 35.1 Å². The number of esters is 1. The van der Waals surface area contributed by atoms with Crippen molar-refractivity contribution in [3.63, 3.8) is 0 Å². The molecule has 5 rings (SSSR count). The Morgan fingerprint density at radius 1 is 1.14 bits per heavy atom. The van der Waals surface area contributed by atoms with Crippen molar-refractivity contribution in [3.8, 4) is 17.1 Å². The van der Waals surface area contributed by atoms with Crippen LogP contribution in [0.2, 0.25) is 5.02 Å². The fourth-order valence-corrected chi connectivity index (χ4v) is 6.01. The standard InChI is InChI=1S/C31H27ClN2O7S/c1-4-6-22-26(30(38)40-5-2)27(21-15-19(32)11-13-24(21)39-3)34-28(35)25(42-31(34)33-22)16-20-12-14-23(41-20)17-7-9-18(10-8-17)29(36)37/h7-16,27H,4-6H2,1-3H3,(H,36,37)/b25-16+/t27-/m1/s1. The lowest BCUT2D eigenvalue weighted by Gasteiger charge is -2.27. The Hall–Kier alpha value is -4.41. The molecule has 1 aliphatic rings. The number of allylic oxidation sites excluding steroid dienone is 1. The summed E-state index contributed by atoms with van der Waals surface area (Å²) < 4.78 is 18.9. The average molecular weight is 607 g/mol. The molecule has 9 nitrogen and oxygen atoms in total. The van der Waals surface area contributed by atoms with Crippen LogP contribution in [0.3, 0.4) is 0 Å². The van der Waals surface area contributed by atoms with Crippen molar-refractivity contribution >= 4 is 41.0 Å². The second-order valence-corrected chi connectivity index (χ2v) is 10.8.